The third-order valence-electron chi connectivity index (χ3n) is 7.87. The fourth-order valence-corrected chi connectivity index (χ4v) is 5.33. The molecule has 1 aliphatic heterocycles. The fraction of sp³-hybridized carbons (Fsp3) is 0.316. The monoisotopic (exact) mass is 750 g/mol. The average Bonchev–Trinajstić information content (AvgIpc) is 3.66. The first-order valence-electron chi connectivity index (χ1n) is 16.6. The Morgan fingerprint density at radius 3 is 2.47 bits per heavy atom. The molecule has 2 atom stereocenters. The van der Waals surface area contributed by atoms with E-state index in [0.717, 1.165) is 28.1 Å². The summed E-state index contributed by atoms with van der Waals surface area (Å²) in [4.78, 5) is 50.5. The number of nitrogens with zero attached hydrogens (tertiary/aromatic N) is 5. The molecule has 1 aliphatic rings. The zero-order chi connectivity index (χ0) is 37.9. The van der Waals surface area contributed by atoms with Crippen molar-refractivity contribution in [1.82, 2.24) is 25.0 Å². The molecule has 14 nitrogen and oxygen atoms in total. The third-order valence-corrected chi connectivity index (χ3v) is 7.87. The standard InChI is InChI=1S/C38H44N6O8.K/c1-10-14-30(34-42-37(46)52-43-34)29(12-3)28-18-16-27(17-19-28)20-44-33(25(8)41-36(44)48-13-4)31(15-11-2)35(45)50-26(9)51-38(47)49-21-32-24(7)39-22(5)23(6)40-32;/h10-12,14-19,22,26,39H,1,8,13,20-21H2,2-7,9H3,(H,42,43,46);/q;+1/p-1/b15-11-,29-12-,30-14+,33-31-;. The molecule has 0 spiro atoms. The number of carbonyl (C=O) groups is 2. The number of benzene rings is 1. The molecule has 3 aromatic rings. The number of aliphatic imine (C=N–C) groups is 1. The molecule has 0 amide bonds. The molecule has 2 unspecified atom stereocenters. The molecule has 1 aromatic carbocycles. The summed E-state index contributed by atoms with van der Waals surface area (Å²) in [6, 6.07) is 7.95. The van der Waals surface area contributed by atoms with Crippen LogP contribution in [0.2, 0.25) is 0 Å². The molecule has 0 saturated carbocycles. The van der Waals surface area contributed by atoms with Crippen molar-refractivity contribution >= 4 is 41.1 Å². The van der Waals surface area contributed by atoms with Gasteiger partial charge in [-0.25, -0.2) is 14.4 Å². The number of ether oxygens (including phenoxy) is 4. The summed E-state index contributed by atoms with van der Waals surface area (Å²) in [5.74, 6) is -1.43. The minimum absolute atomic E-state index is 0. The number of rotatable bonds is 14. The van der Waals surface area contributed by atoms with Crippen LogP contribution in [0.25, 0.3) is 23.3 Å². The Bertz CT molecular complexity index is 2140. The number of imidazole rings is 1. The molecule has 15 heteroatoms. The van der Waals surface area contributed by atoms with Crippen molar-refractivity contribution in [3.63, 3.8) is 0 Å². The van der Waals surface area contributed by atoms with Gasteiger partial charge in [-0.15, -0.1) is 0 Å². The zero-order valence-electron chi connectivity index (χ0n) is 31.4. The number of hydrogen-bond donors (Lipinski definition) is 1. The third kappa shape index (κ3) is 11.0. The van der Waals surface area contributed by atoms with E-state index in [4.69, 9.17) is 18.9 Å². The van der Waals surface area contributed by atoms with Crippen molar-refractivity contribution < 1.29 is 84.4 Å². The van der Waals surface area contributed by atoms with Crippen molar-refractivity contribution in [3.8, 4) is 6.01 Å². The first kappa shape index (κ1) is 42.9. The van der Waals surface area contributed by atoms with E-state index < -0.39 is 24.2 Å². The summed E-state index contributed by atoms with van der Waals surface area (Å²) >= 11 is 0. The van der Waals surface area contributed by atoms with Gasteiger partial charge < -0.3 is 33.8 Å². The number of esters is 1. The van der Waals surface area contributed by atoms with E-state index in [9.17, 15) is 14.4 Å². The molecule has 53 heavy (non-hydrogen) atoms. The minimum atomic E-state index is -1.29. The van der Waals surface area contributed by atoms with E-state index in [1.54, 1.807) is 35.8 Å². The van der Waals surface area contributed by atoms with Crippen LogP contribution in [0.1, 0.15) is 65.4 Å². The molecule has 274 valence electrons. The van der Waals surface area contributed by atoms with E-state index in [2.05, 4.69) is 43.1 Å². The SMILES string of the molecule is C=C/C=C(\C(=C/C)c1ccc(Cn2c(OCC)nc(=C)/c2=C(\C=C/C)C(=O)OC(C)OC(=O)OCC2=C(C)NC(C)C(C)=N2)cc1)c1noc(=O)[n-]1.[K+]. The van der Waals surface area contributed by atoms with Crippen molar-refractivity contribution in [2.75, 3.05) is 13.2 Å². The molecule has 0 bridgehead atoms. The van der Waals surface area contributed by atoms with Crippen LogP contribution in [0.15, 0.2) is 86.9 Å². The molecular formula is C38H43KN6O8. The van der Waals surface area contributed by atoms with Gasteiger partial charge in [0.2, 0.25) is 6.29 Å². The van der Waals surface area contributed by atoms with Crippen LogP contribution in [0.3, 0.4) is 0 Å². The van der Waals surface area contributed by atoms with E-state index in [1.165, 1.54) is 6.92 Å². The molecule has 0 saturated heterocycles. The Morgan fingerprint density at radius 1 is 1.15 bits per heavy atom. The van der Waals surface area contributed by atoms with Crippen molar-refractivity contribution in [2.24, 2.45) is 4.99 Å². The molecule has 0 radical (unpaired) electrons. The van der Waals surface area contributed by atoms with Gasteiger partial charge in [0.15, 0.2) is 0 Å². The summed E-state index contributed by atoms with van der Waals surface area (Å²) in [6.07, 6.45) is 6.08. The van der Waals surface area contributed by atoms with Crippen LogP contribution in [0.4, 0.5) is 4.79 Å². The topological polar surface area (TPSA) is 170 Å². The number of aromatic nitrogens is 4. The number of hydrogen-bond acceptors (Lipinski definition) is 12. The molecule has 1 N–H and O–H groups in total. The van der Waals surface area contributed by atoms with Gasteiger partial charge >= 0.3 is 69.3 Å². The molecule has 2 aromatic heterocycles. The van der Waals surface area contributed by atoms with Crippen LogP contribution < -0.4 is 82.9 Å². The van der Waals surface area contributed by atoms with Gasteiger partial charge in [-0.3, -0.25) is 14.7 Å². The van der Waals surface area contributed by atoms with Crippen molar-refractivity contribution in [2.45, 2.75) is 67.3 Å². The normalized spacial score (nSPS) is 15.9. The summed E-state index contributed by atoms with van der Waals surface area (Å²) in [6.45, 7) is 20.8. The average molecular weight is 751 g/mol. The minimum Gasteiger partial charge on any atom is -0.465 e. The Balaban J connectivity index is 0.00000756. The van der Waals surface area contributed by atoms with Crippen LogP contribution in [0, 0.1) is 0 Å². The predicted molar refractivity (Wildman–Crippen MR) is 196 cm³/mol. The second-order valence-corrected chi connectivity index (χ2v) is 11.5. The predicted octanol–water partition coefficient (Wildman–Crippen LogP) is 1.18. The second-order valence-electron chi connectivity index (χ2n) is 11.5. The summed E-state index contributed by atoms with van der Waals surface area (Å²) < 4.78 is 28.2. The van der Waals surface area contributed by atoms with Gasteiger partial charge in [-0.05, 0) is 75.7 Å². The number of allylic oxidation sites excluding steroid dienone is 7. The zero-order valence-corrected chi connectivity index (χ0v) is 34.5. The molecular weight excluding hydrogens is 708 g/mol. The van der Waals surface area contributed by atoms with E-state index in [-0.39, 0.29) is 93.3 Å². The first-order chi connectivity index (χ1) is 24.9. The van der Waals surface area contributed by atoms with Crippen LogP contribution in [-0.2, 0) is 25.5 Å². The summed E-state index contributed by atoms with van der Waals surface area (Å²) in [5.41, 5.74) is 5.32. The molecule has 0 aliphatic carbocycles. The van der Waals surface area contributed by atoms with Crippen LogP contribution >= 0.6 is 0 Å². The largest absolute Gasteiger partial charge is 1.00 e. The van der Waals surface area contributed by atoms with Crippen molar-refractivity contribution in [1.29, 1.82) is 0 Å². The fourth-order valence-electron chi connectivity index (χ4n) is 5.33. The van der Waals surface area contributed by atoms with Gasteiger partial charge in [0.25, 0.3) is 6.01 Å². The molecule has 4 rings (SSSR count). The first-order valence-corrected chi connectivity index (χ1v) is 16.6. The maximum atomic E-state index is 13.6. The van der Waals surface area contributed by atoms with Gasteiger partial charge in [-0.2, -0.15) is 4.98 Å². The molecule has 0 fully saturated rings. The second kappa shape index (κ2) is 20.1. The van der Waals surface area contributed by atoms with Gasteiger partial charge in [0, 0.05) is 18.3 Å². The van der Waals surface area contributed by atoms with Gasteiger partial charge in [0.1, 0.15) is 6.61 Å². The van der Waals surface area contributed by atoms with Crippen LogP contribution in [-0.4, -0.2) is 58.1 Å². The number of carbonyl (C=O) groups excluding carboxylic acids is 2. The quantitative estimate of drug-likeness (QED) is 0.108. The van der Waals surface area contributed by atoms with Gasteiger partial charge in [0.05, 0.1) is 41.2 Å². The van der Waals surface area contributed by atoms with E-state index in [0.29, 0.717) is 23.2 Å². The Kier molecular flexibility index (Phi) is 16.2. The smallest absolute Gasteiger partial charge is 0.465 e. The maximum Gasteiger partial charge on any atom is 1.00 e. The summed E-state index contributed by atoms with van der Waals surface area (Å²) in [7, 11) is 0. The van der Waals surface area contributed by atoms with Crippen molar-refractivity contribution in [3.05, 3.63) is 111 Å². The van der Waals surface area contributed by atoms with Gasteiger partial charge in [-0.1, -0.05) is 61.7 Å². The Hall–Kier alpha value is -4.54. The van der Waals surface area contributed by atoms with E-state index in [1.807, 2.05) is 65.0 Å². The van der Waals surface area contributed by atoms with Crippen LogP contribution in [0.5, 0.6) is 6.01 Å². The Labute approximate surface area is 350 Å². The Morgan fingerprint density at radius 2 is 1.87 bits per heavy atom. The van der Waals surface area contributed by atoms with E-state index >= 15 is 0 Å². The maximum absolute atomic E-state index is 13.6. The summed E-state index contributed by atoms with van der Waals surface area (Å²) in [5, 5.41) is 7.68. The molecule has 3 heterocycles. The number of nitrogens with one attached hydrogen (secondary N) is 1.